The van der Waals surface area contributed by atoms with Gasteiger partial charge in [0.15, 0.2) is 0 Å². The van der Waals surface area contributed by atoms with Crippen LogP contribution in [0.2, 0.25) is 0 Å². The van der Waals surface area contributed by atoms with Crippen LogP contribution < -0.4 is 0 Å². The van der Waals surface area contributed by atoms with Crippen LogP contribution in [-0.4, -0.2) is 0 Å². The van der Waals surface area contributed by atoms with Crippen LogP contribution in [0.25, 0.3) is 6.08 Å². The third kappa shape index (κ3) is 2.49. The van der Waals surface area contributed by atoms with Crippen LogP contribution >= 0.6 is 0 Å². The number of allylic oxidation sites excluding steroid dienone is 2. The van der Waals surface area contributed by atoms with Gasteiger partial charge in [-0.15, -0.1) is 0 Å². The number of hydrogen-bond acceptors (Lipinski definition) is 0. The van der Waals surface area contributed by atoms with E-state index in [2.05, 4.69) is 0 Å². The number of hydrogen-bond donors (Lipinski definition) is 0. The van der Waals surface area contributed by atoms with Gasteiger partial charge in [0.25, 0.3) is 0 Å². The van der Waals surface area contributed by atoms with Crippen LogP contribution in [-0.2, 0) is 6.18 Å². The van der Waals surface area contributed by atoms with E-state index < -0.39 is 11.7 Å². The summed E-state index contributed by atoms with van der Waals surface area (Å²) in [6.07, 6.45) is -0.448. The monoisotopic (exact) mass is 197 g/mol. The molecule has 14 heavy (non-hydrogen) atoms. The van der Waals surface area contributed by atoms with E-state index in [0.29, 0.717) is 0 Å². The molecule has 0 atom stereocenters. The van der Waals surface area contributed by atoms with Crippen molar-refractivity contribution in [3.8, 4) is 0 Å². The van der Waals surface area contributed by atoms with Gasteiger partial charge in [0, 0.05) is 0 Å². The van der Waals surface area contributed by atoms with E-state index in [1.807, 2.05) is 0 Å². The van der Waals surface area contributed by atoms with Crippen molar-refractivity contribution in [2.24, 2.45) is 0 Å². The van der Waals surface area contributed by atoms with Gasteiger partial charge in [-0.25, -0.2) is 0 Å². The summed E-state index contributed by atoms with van der Waals surface area (Å²) < 4.78 is 37.2. The summed E-state index contributed by atoms with van der Waals surface area (Å²) in [7, 11) is 0. The summed E-state index contributed by atoms with van der Waals surface area (Å²) in [4.78, 5) is 0. The van der Waals surface area contributed by atoms with Crippen LogP contribution in [0.3, 0.4) is 0 Å². The van der Waals surface area contributed by atoms with E-state index in [1.165, 1.54) is 30.4 Å². The van der Waals surface area contributed by atoms with E-state index in [-0.39, 0.29) is 5.56 Å². The van der Waals surface area contributed by atoms with Crippen LogP contribution in [0.1, 0.15) is 11.1 Å². The lowest BCUT2D eigenvalue weighted by Crippen LogP contribution is -2.06. The molecule has 0 aromatic heterocycles. The second-order valence-electron chi connectivity index (χ2n) is 2.64. The van der Waals surface area contributed by atoms with Crippen molar-refractivity contribution in [1.82, 2.24) is 0 Å². The van der Waals surface area contributed by atoms with Gasteiger partial charge in [0.1, 0.15) is 0 Å². The SMILES string of the molecule is [CH]=CC=Cc1ccccc1C(F)(F)F. The fourth-order valence-corrected chi connectivity index (χ4v) is 1.06. The van der Waals surface area contributed by atoms with Crippen molar-refractivity contribution in [1.29, 1.82) is 0 Å². The summed E-state index contributed by atoms with van der Waals surface area (Å²) >= 11 is 0. The zero-order valence-electron chi connectivity index (χ0n) is 7.25. The molecule has 0 saturated carbocycles. The van der Waals surface area contributed by atoms with Gasteiger partial charge < -0.3 is 0 Å². The molecular formula is C11H8F3. The predicted octanol–water partition coefficient (Wildman–Crippen LogP) is 3.71. The van der Waals surface area contributed by atoms with E-state index in [0.717, 1.165) is 6.07 Å². The molecule has 0 unspecified atom stereocenters. The second-order valence-corrected chi connectivity index (χ2v) is 2.64. The maximum atomic E-state index is 12.4. The standard InChI is InChI=1S/C11H8F3/c1-2-3-6-9-7-4-5-8-10(9)11(12,13)14/h1-8H. The second kappa shape index (κ2) is 4.13. The number of halogens is 3. The van der Waals surface area contributed by atoms with E-state index in [9.17, 15) is 13.2 Å². The van der Waals surface area contributed by atoms with Gasteiger partial charge in [0.2, 0.25) is 0 Å². The quantitative estimate of drug-likeness (QED) is 0.634. The molecule has 0 aliphatic rings. The predicted molar refractivity (Wildman–Crippen MR) is 49.3 cm³/mol. The minimum atomic E-state index is -4.32. The Morgan fingerprint density at radius 3 is 2.36 bits per heavy atom. The van der Waals surface area contributed by atoms with Gasteiger partial charge in [-0.2, -0.15) is 13.2 Å². The van der Waals surface area contributed by atoms with Crippen LogP contribution in [0.5, 0.6) is 0 Å². The highest BCUT2D eigenvalue weighted by atomic mass is 19.4. The highest BCUT2D eigenvalue weighted by Crippen LogP contribution is 2.32. The molecular weight excluding hydrogens is 189 g/mol. The highest BCUT2D eigenvalue weighted by molar-refractivity contribution is 5.55. The molecule has 0 N–H and O–H groups in total. The van der Waals surface area contributed by atoms with Crippen molar-refractivity contribution in [3.63, 3.8) is 0 Å². The average Bonchev–Trinajstić information content (AvgIpc) is 2.14. The van der Waals surface area contributed by atoms with Crippen molar-refractivity contribution in [2.45, 2.75) is 6.18 Å². The molecule has 0 aliphatic carbocycles. The largest absolute Gasteiger partial charge is 0.416 e. The molecule has 1 aromatic rings. The summed E-state index contributed by atoms with van der Waals surface area (Å²) in [5, 5.41) is 0. The van der Waals surface area contributed by atoms with E-state index >= 15 is 0 Å². The third-order valence-corrected chi connectivity index (χ3v) is 1.65. The summed E-state index contributed by atoms with van der Waals surface area (Å²) in [6, 6.07) is 5.33. The number of alkyl halides is 3. The minimum absolute atomic E-state index is 0.113. The number of rotatable bonds is 2. The Hall–Kier alpha value is -1.51. The van der Waals surface area contributed by atoms with Gasteiger partial charge in [-0.3, -0.25) is 0 Å². The normalized spacial score (nSPS) is 11.9. The van der Waals surface area contributed by atoms with Crippen LogP contribution in [0, 0.1) is 6.58 Å². The summed E-state index contributed by atoms with van der Waals surface area (Å²) in [5.74, 6) is 0. The zero-order chi connectivity index (χ0) is 10.6. The molecule has 1 radical (unpaired) electrons. The minimum Gasteiger partial charge on any atom is -0.166 e. The Kier molecular flexibility index (Phi) is 3.12. The zero-order valence-corrected chi connectivity index (χ0v) is 7.25. The van der Waals surface area contributed by atoms with Gasteiger partial charge >= 0.3 is 6.18 Å². The fourth-order valence-electron chi connectivity index (χ4n) is 1.06. The van der Waals surface area contributed by atoms with Crippen molar-refractivity contribution in [3.05, 3.63) is 54.1 Å². The molecule has 1 rings (SSSR count). The van der Waals surface area contributed by atoms with Crippen LogP contribution in [0.4, 0.5) is 13.2 Å². The van der Waals surface area contributed by atoms with Crippen molar-refractivity contribution >= 4 is 6.08 Å². The molecule has 73 valence electrons. The lowest BCUT2D eigenvalue weighted by Gasteiger charge is -2.09. The molecule has 0 amide bonds. The first-order valence-corrected chi connectivity index (χ1v) is 3.93. The Balaban J connectivity index is 3.16. The molecule has 0 bridgehead atoms. The molecule has 0 fully saturated rings. The smallest absolute Gasteiger partial charge is 0.166 e. The molecule has 0 nitrogen and oxygen atoms in total. The lowest BCUT2D eigenvalue weighted by atomic mass is 10.1. The Labute approximate surface area is 80.4 Å². The first-order valence-electron chi connectivity index (χ1n) is 3.93. The molecule has 0 aliphatic heterocycles. The van der Waals surface area contributed by atoms with Crippen molar-refractivity contribution < 1.29 is 13.2 Å². The molecule has 3 heteroatoms. The Morgan fingerprint density at radius 1 is 1.14 bits per heavy atom. The Morgan fingerprint density at radius 2 is 1.79 bits per heavy atom. The first kappa shape index (κ1) is 10.6. The van der Waals surface area contributed by atoms with Gasteiger partial charge in [0.05, 0.1) is 5.56 Å². The van der Waals surface area contributed by atoms with Crippen LogP contribution in [0.15, 0.2) is 36.4 Å². The lowest BCUT2D eigenvalue weighted by molar-refractivity contribution is -0.137. The van der Waals surface area contributed by atoms with E-state index in [4.69, 9.17) is 6.58 Å². The number of benzene rings is 1. The summed E-state index contributed by atoms with van der Waals surface area (Å²) in [5.41, 5.74) is -0.542. The third-order valence-electron chi connectivity index (χ3n) is 1.65. The highest BCUT2D eigenvalue weighted by Gasteiger charge is 2.32. The molecule has 0 heterocycles. The van der Waals surface area contributed by atoms with Gasteiger partial charge in [-0.05, 0) is 11.6 Å². The fraction of sp³-hybridized carbons (Fsp3) is 0.0909. The topological polar surface area (TPSA) is 0 Å². The maximum absolute atomic E-state index is 12.4. The first-order chi connectivity index (χ1) is 6.55. The van der Waals surface area contributed by atoms with Gasteiger partial charge in [-0.1, -0.05) is 43.0 Å². The van der Waals surface area contributed by atoms with Crippen molar-refractivity contribution in [2.75, 3.05) is 0 Å². The maximum Gasteiger partial charge on any atom is 0.416 e. The molecule has 0 spiro atoms. The Bertz CT molecular complexity index is 348. The average molecular weight is 197 g/mol. The van der Waals surface area contributed by atoms with E-state index in [1.54, 1.807) is 6.07 Å². The summed E-state index contributed by atoms with van der Waals surface area (Å²) in [6.45, 7) is 5.04. The molecule has 1 aromatic carbocycles. The molecule has 0 saturated heterocycles.